The number of hydrogen-bond donors (Lipinski definition) is 3. The van der Waals surface area contributed by atoms with E-state index in [4.69, 9.17) is 5.73 Å². The van der Waals surface area contributed by atoms with Crippen molar-refractivity contribution in [1.29, 1.82) is 0 Å². The molecule has 0 bridgehead atoms. The topological polar surface area (TPSA) is 92.8 Å². The van der Waals surface area contributed by atoms with E-state index < -0.39 is 6.10 Å². The molecule has 2 aromatic rings. The molecule has 0 aliphatic rings. The van der Waals surface area contributed by atoms with E-state index >= 15 is 0 Å². The van der Waals surface area contributed by atoms with Gasteiger partial charge in [0, 0.05) is 18.2 Å². The minimum atomic E-state index is -0.677. The number of rotatable bonds is 6. The minimum absolute atomic E-state index is 0.409. The van der Waals surface area contributed by atoms with Crippen molar-refractivity contribution in [2.75, 3.05) is 5.73 Å². The van der Waals surface area contributed by atoms with Gasteiger partial charge in [0.05, 0.1) is 24.0 Å². The average molecular weight is 263 g/mol. The molecule has 2 heterocycles. The second-order valence-electron chi connectivity index (χ2n) is 4.72. The van der Waals surface area contributed by atoms with Gasteiger partial charge in [-0.15, -0.1) is 0 Å². The molecule has 2 aromatic heterocycles. The summed E-state index contributed by atoms with van der Waals surface area (Å²) in [5, 5.41) is 21.1. The number of aromatic nitrogens is 4. The highest BCUT2D eigenvalue weighted by Crippen LogP contribution is 2.22. The van der Waals surface area contributed by atoms with E-state index in [0.717, 1.165) is 18.5 Å². The van der Waals surface area contributed by atoms with Crippen molar-refractivity contribution in [2.24, 2.45) is 0 Å². The summed E-state index contributed by atoms with van der Waals surface area (Å²) in [5.74, 6) is 0.409. The summed E-state index contributed by atoms with van der Waals surface area (Å²) < 4.78 is 1.97. The zero-order valence-electron chi connectivity index (χ0n) is 11.4. The van der Waals surface area contributed by atoms with Crippen LogP contribution >= 0.6 is 0 Å². The first-order valence-corrected chi connectivity index (χ1v) is 6.66. The maximum Gasteiger partial charge on any atom is 0.124 e. The van der Waals surface area contributed by atoms with Crippen LogP contribution in [0.4, 0.5) is 5.82 Å². The lowest BCUT2D eigenvalue weighted by molar-refractivity contribution is 0.177. The van der Waals surface area contributed by atoms with E-state index in [2.05, 4.69) is 29.1 Å². The Morgan fingerprint density at radius 2 is 2.16 bits per heavy atom. The summed E-state index contributed by atoms with van der Waals surface area (Å²) in [6.45, 7) is 4.30. The van der Waals surface area contributed by atoms with Gasteiger partial charge in [-0.2, -0.15) is 10.2 Å². The van der Waals surface area contributed by atoms with Crippen LogP contribution < -0.4 is 5.73 Å². The molecule has 4 N–H and O–H groups in total. The van der Waals surface area contributed by atoms with E-state index in [1.54, 1.807) is 6.20 Å². The van der Waals surface area contributed by atoms with Crippen LogP contribution in [0.25, 0.3) is 0 Å². The van der Waals surface area contributed by atoms with Gasteiger partial charge in [0.15, 0.2) is 0 Å². The average Bonchev–Trinajstić information content (AvgIpc) is 3.00. The Morgan fingerprint density at radius 3 is 2.74 bits per heavy atom. The molecule has 0 aliphatic carbocycles. The van der Waals surface area contributed by atoms with Crippen molar-refractivity contribution in [1.82, 2.24) is 20.0 Å². The SMILES string of the molecule is CCC(CC)n1ccc(CC(O)c2cn[nH]c2N)n1. The van der Waals surface area contributed by atoms with Gasteiger partial charge < -0.3 is 10.8 Å². The number of nitrogens with zero attached hydrogens (tertiary/aromatic N) is 3. The molecule has 104 valence electrons. The number of aromatic amines is 1. The van der Waals surface area contributed by atoms with Gasteiger partial charge in [-0.05, 0) is 18.9 Å². The highest BCUT2D eigenvalue weighted by atomic mass is 16.3. The Morgan fingerprint density at radius 1 is 1.42 bits per heavy atom. The van der Waals surface area contributed by atoms with E-state index in [-0.39, 0.29) is 0 Å². The number of nitrogens with two attached hydrogens (primary N) is 1. The molecule has 0 saturated heterocycles. The molecule has 19 heavy (non-hydrogen) atoms. The quantitative estimate of drug-likeness (QED) is 0.741. The maximum absolute atomic E-state index is 10.1. The van der Waals surface area contributed by atoms with Gasteiger partial charge in [-0.25, -0.2) is 0 Å². The van der Waals surface area contributed by atoms with Crippen molar-refractivity contribution in [3.8, 4) is 0 Å². The number of H-pyrrole nitrogens is 1. The number of nitrogens with one attached hydrogen (secondary N) is 1. The molecule has 0 aliphatic heterocycles. The van der Waals surface area contributed by atoms with Gasteiger partial charge in [-0.3, -0.25) is 9.78 Å². The first-order valence-electron chi connectivity index (χ1n) is 6.66. The lowest BCUT2D eigenvalue weighted by Crippen LogP contribution is -2.09. The van der Waals surface area contributed by atoms with E-state index in [0.29, 0.717) is 23.8 Å². The van der Waals surface area contributed by atoms with Crippen LogP contribution in [0.3, 0.4) is 0 Å². The van der Waals surface area contributed by atoms with Gasteiger partial charge in [-0.1, -0.05) is 13.8 Å². The molecule has 0 spiro atoms. The molecule has 0 radical (unpaired) electrons. The van der Waals surface area contributed by atoms with Gasteiger partial charge in [0.2, 0.25) is 0 Å². The largest absolute Gasteiger partial charge is 0.388 e. The van der Waals surface area contributed by atoms with Crippen LogP contribution in [0.2, 0.25) is 0 Å². The third-order valence-electron chi connectivity index (χ3n) is 3.44. The molecular weight excluding hydrogens is 242 g/mol. The van der Waals surface area contributed by atoms with E-state index in [1.165, 1.54) is 0 Å². The van der Waals surface area contributed by atoms with Crippen LogP contribution in [0, 0.1) is 0 Å². The first kappa shape index (κ1) is 13.6. The van der Waals surface area contributed by atoms with Crippen molar-refractivity contribution in [2.45, 2.75) is 45.3 Å². The van der Waals surface area contributed by atoms with Gasteiger partial charge in [0.25, 0.3) is 0 Å². The third kappa shape index (κ3) is 2.96. The molecule has 6 heteroatoms. The zero-order chi connectivity index (χ0) is 13.8. The summed E-state index contributed by atoms with van der Waals surface area (Å²) in [4.78, 5) is 0. The van der Waals surface area contributed by atoms with Gasteiger partial charge >= 0.3 is 0 Å². The lowest BCUT2D eigenvalue weighted by atomic mass is 10.1. The third-order valence-corrected chi connectivity index (χ3v) is 3.44. The summed E-state index contributed by atoms with van der Waals surface area (Å²) in [6.07, 6.45) is 5.39. The number of anilines is 1. The van der Waals surface area contributed by atoms with Crippen LogP contribution in [0.5, 0.6) is 0 Å². The molecule has 0 saturated carbocycles. The molecule has 0 fully saturated rings. The molecule has 0 amide bonds. The molecule has 0 aromatic carbocycles. The molecule has 1 unspecified atom stereocenters. The predicted molar refractivity (Wildman–Crippen MR) is 73.5 cm³/mol. The second-order valence-corrected chi connectivity index (χ2v) is 4.72. The Bertz CT molecular complexity index is 515. The van der Waals surface area contributed by atoms with Crippen molar-refractivity contribution < 1.29 is 5.11 Å². The summed E-state index contributed by atoms with van der Waals surface area (Å²) >= 11 is 0. The maximum atomic E-state index is 10.1. The fourth-order valence-electron chi connectivity index (χ4n) is 2.23. The van der Waals surface area contributed by atoms with Crippen LogP contribution in [-0.4, -0.2) is 25.1 Å². The number of aliphatic hydroxyl groups is 1. The smallest absolute Gasteiger partial charge is 0.124 e. The summed E-state index contributed by atoms with van der Waals surface area (Å²) in [6, 6.07) is 2.36. The Hall–Kier alpha value is -1.82. The van der Waals surface area contributed by atoms with Crippen molar-refractivity contribution in [3.63, 3.8) is 0 Å². The standard InChI is InChI=1S/C13H21N5O/c1-3-10(4-2)18-6-5-9(17-18)7-12(19)11-8-15-16-13(11)14/h5-6,8,10,12,19H,3-4,7H2,1-2H3,(H3,14,15,16). The van der Waals surface area contributed by atoms with Crippen molar-refractivity contribution >= 4 is 5.82 Å². The number of aliphatic hydroxyl groups excluding tert-OH is 1. The first-order chi connectivity index (χ1) is 9.15. The second kappa shape index (κ2) is 5.88. The minimum Gasteiger partial charge on any atom is -0.388 e. The molecular formula is C13H21N5O. The fourth-order valence-corrected chi connectivity index (χ4v) is 2.23. The highest BCUT2D eigenvalue weighted by Gasteiger charge is 2.16. The summed E-state index contributed by atoms with van der Waals surface area (Å²) in [7, 11) is 0. The van der Waals surface area contributed by atoms with Crippen LogP contribution in [-0.2, 0) is 6.42 Å². The Labute approximate surface area is 112 Å². The molecule has 1 atom stereocenters. The number of nitrogen functional groups attached to an aromatic ring is 1. The highest BCUT2D eigenvalue weighted by molar-refractivity contribution is 5.38. The fraction of sp³-hybridized carbons (Fsp3) is 0.538. The van der Waals surface area contributed by atoms with Crippen LogP contribution in [0.1, 0.15) is 50.1 Å². The summed E-state index contributed by atoms with van der Waals surface area (Å²) in [5.41, 5.74) is 7.17. The van der Waals surface area contributed by atoms with E-state index in [9.17, 15) is 5.11 Å². The lowest BCUT2D eigenvalue weighted by Gasteiger charge is -2.12. The Kier molecular flexibility index (Phi) is 4.21. The van der Waals surface area contributed by atoms with Crippen molar-refractivity contribution in [3.05, 3.63) is 29.7 Å². The predicted octanol–water partition coefficient (Wildman–Crippen LogP) is 1.83. The molecule has 6 nitrogen and oxygen atoms in total. The monoisotopic (exact) mass is 263 g/mol. The van der Waals surface area contributed by atoms with Gasteiger partial charge in [0.1, 0.15) is 5.82 Å². The zero-order valence-corrected chi connectivity index (χ0v) is 11.4. The number of hydrogen-bond acceptors (Lipinski definition) is 4. The normalized spacial score (nSPS) is 13.1. The molecule has 2 rings (SSSR count). The Balaban J connectivity index is 2.06. The van der Waals surface area contributed by atoms with E-state index in [1.807, 2.05) is 16.9 Å². The van der Waals surface area contributed by atoms with Crippen LogP contribution in [0.15, 0.2) is 18.5 Å².